The van der Waals surface area contributed by atoms with Gasteiger partial charge in [-0.25, -0.2) is 4.79 Å². The first-order chi connectivity index (χ1) is 8.93. The second-order valence-electron chi connectivity index (χ2n) is 3.95. The highest BCUT2D eigenvalue weighted by atomic mass is 31.2. The molecule has 0 aromatic carbocycles. The molecule has 1 atom stereocenters. The summed E-state index contributed by atoms with van der Waals surface area (Å²) >= 11 is 0. The van der Waals surface area contributed by atoms with Crippen LogP contribution in [0.3, 0.4) is 0 Å². The first kappa shape index (κ1) is 18.4. The minimum atomic E-state index is -3.00. The molecule has 0 spiro atoms. The molecule has 0 radical (unpaired) electrons. The SMILES string of the molecule is CCOP(=O)(CCCOC[C@H](C)NC(=O)O)OCC. The zero-order valence-corrected chi connectivity index (χ0v) is 12.7. The average molecular weight is 297 g/mol. The maximum atomic E-state index is 12.1. The van der Waals surface area contributed by atoms with Gasteiger partial charge < -0.3 is 24.2 Å². The van der Waals surface area contributed by atoms with Crippen LogP contribution < -0.4 is 5.32 Å². The van der Waals surface area contributed by atoms with E-state index in [2.05, 4.69) is 5.32 Å². The molecule has 2 N–H and O–H groups in total. The van der Waals surface area contributed by atoms with Crippen molar-refractivity contribution in [2.75, 3.05) is 32.6 Å². The van der Waals surface area contributed by atoms with Gasteiger partial charge in [0.2, 0.25) is 0 Å². The Labute approximate surface area is 114 Å². The Hall–Kier alpha value is -0.620. The Bertz CT molecular complexity index is 289. The second kappa shape index (κ2) is 10.2. The summed E-state index contributed by atoms with van der Waals surface area (Å²) in [4.78, 5) is 10.3. The van der Waals surface area contributed by atoms with Crippen LogP contribution in [0.1, 0.15) is 27.2 Å². The largest absolute Gasteiger partial charge is 0.465 e. The minimum Gasteiger partial charge on any atom is -0.465 e. The van der Waals surface area contributed by atoms with E-state index in [9.17, 15) is 9.36 Å². The van der Waals surface area contributed by atoms with E-state index < -0.39 is 13.7 Å². The van der Waals surface area contributed by atoms with Crippen molar-refractivity contribution in [3.8, 4) is 0 Å². The van der Waals surface area contributed by atoms with Gasteiger partial charge in [0.15, 0.2) is 0 Å². The molecule has 0 aromatic rings. The number of carboxylic acid groups (broad SMARTS) is 1. The summed E-state index contributed by atoms with van der Waals surface area (Å²) in [5.74, 6) is 0. The Kier molecular flexibility index (Phi) is 9.87. The normalized spacial score (nSPS) is 13.2. The van der Waals surface area contributed by atoms with E-state index in [1.807, 2.05) is 0 Å². The highest BCUT2D eigenvalue weighted by Gasteiger charge is 2.22. The highest BCUT2D eigenvalue weighted by molar-refractivity contribution is 7.53. The lowest BCUT2D eigenvalue weighted by atomic mass is 10.4. The van der Waals surface area contributed by atoms with Crippen molar-refractivity contribution >= 4 is 13.7 Å². The van der Waals surface area contributed by atoms with Crippen LogP contribution in [0.5, 0.6) is 0 Å². The molecule has 0 aliphatic heterocycles. The number of hydrogen-bond donors (Lipinski definition) is 2. The standard InChI is InChI=1S/C11H24NO6P/c1-4-17-19(15,18-5-2)8-6-7-16-9-10(3)12-11(13)14/h10,12H,4-9H2,1-3H3,(H,13,14)/t10-/m0/s1. The maximum absolute atomic E-state index is 12.1. The average Bonchev–Trinajstić information content (AvgIpc) is 2.28. The first-order valence-electron chi connectivity index (χ1n) is 6.38. The van der Waals surface area contributed by atoms with Crippen molar-refractivity contribution in [3.05, 3.63) is 0 Å². The van der Waals surface area contributed by atoms with Crippen LogP contribution in [-0.4, -0.2) is 49.8 Å². The third kappa shape index (κ3) is 9.90. The van der Waals surface area contributed by atoms with Crippen molar-refractivity contribution in [1.82, 2.24) is 5.32 Å². The van der Waals surface area contributed by atoms with Crippen LogP contribution in [0.2, 0.25) is 0 Å². The lowest BCUT2D eigenvalue weighted by molar-refractivity contribution is 0.111. The molecule has 0 bridgehead atoms. The number of ether oxygens (including phenoxy) is 1. The van der Waals surface area contributed by atoms with Gasteiger partial charge in [-0.15, -0.1) is 0 Å². The molecule has 0 aliphatic rings. The summed E-state index contributed by atoms with van der Waals surface area (Å²) in [6.07, 6.45) is -0.236. The fraction of sp³-hybridized carbons (Fsp3) is 0.909. The third-order valence-corrected chi connectivity index (χ3v) is 4.28. The van der Waals surface area contributed by atoms with Crippen molar-refractivity contribution < 1.29 is 28.3 Å². The quantitative estimate of drug-likeness (QED) is 0.449. The van der Waals surface area contributed by atoms with E-state index in [4.69, 9.17) is 18.9 Å². The van der Waals surface area contributed by atoms with Gasteiger partial charge in [-0.3, -0.25) is 4.57 Å². The second-order valence-corrected chi connectivity index (χ2v) is 6.13. The monoisotopic (exact) mass is 297 g/mol. The molecule has 0 aromatic heterocycles. The van der Waals surface area contributed by atoms with E-state index in [0.29, 0.717) is 32.4 Å². The fourth-order valence-electron chi connectivity index (χ4n) is 1.43. The fourth-order valence-corrected chi connectivity index (χ4v) is 3.07. The van der Waals surface area contributed by atoms with Gasteiger partial charge in [0.05, 0.1) is 32.0 Å². The number of amides is 1. The Balaban J connectivity index is 3.77. The van der Waals surface area contributed by atoms with E-state index in [1.165, 1.54) is 0 Å². The first-order valence-corrected chi connectivity index (χ1v) is 8.11. The third-order valence-electron chi connectivity index (χ3n) is 2.11. The summed E-state index contributed by atoms with van der Waals surface area (Å²) in [6, 6.07) is -0.275. The number of hydrogen-bond acceptors (Lipinski definition) is 5. The van der Waals surface area contributed by atoms with E-state index in [1.54, 1.807) is 20.8 Å². The smallest absolute Gasteiger partial charge is 0.404 e. The Morgan fingerprint density at radius 2 is 1.89 bits per heavy atom. The van der Waals surface area contributed by atoms with Crippen LogP contribution in [-0.2, 0) is 18.3 Å². The molecular formula is C11H24NO6P. The molecular weight excluding hydrogens is 273 g/mol. The van der Waals surface area contributed by atoms with Gasteiger partial charge >= 0.3 is 13.7 Å². The van der Waals surface area contributed by atoms with Crippen LogP contribution in [0, 0.1) is 0 Å². The predicted octanol–water partition coefficient (Wildman–Crippen LogP) is 2.32. The lowest BCUT2D eigenvalue weighted by Crippen LogP contribution is -2.34. The zero-order chi connectivity index (χ0) is 14.7. The van der Waals surface area contributed by atoms with Crippen molar-refractivity contribution in [2.45, 2.75) is 33.2 Å². The predicted molar refractivity (Wildman–Crippen MR) is 71.8 cm³/mol. The molecule has 0 fully saturated rings. The lowest BCUT2D eigenvalue weighted by Gasteiger charge is -2.17. The van der Waals surface area contributed by atoms with Gasteiger partial charge in [0.25, 0.3) is 0 Å². The number of nitrogens with one attached hydrogen (secondary N) is 1. The number of carbonyl (C=O) groups is 1. The van der Waals surface area contributed by atoms with Crippen LogP contribution in [0.4, 0.5) is 4.79 Å². The zero-order valence-electron chi connectivity index (χ0n) is 11.8. The van der Waals surface area contributed by atoms with E-state index in [-0.39, 0.29) is 12.6 Å². The van der Waals surface area contributed by atoms with Crippen LogP contribution >= 0.6 is 7.60 Å². The number of rotatable bonds is 11. The van der Waals surface area contributed by atoms with Gasteiger partial charge in [-0.2, -0.15) is 0 Å². The molecule has 114 valence electrons. The van der Waals surface area contributed by atoms with Crippen molar-refractivity contribution in [2.24, 2.45) is 0 Å². The van der Waals surface area contributed by atoms with E-state index in [0.717, 1.165) is 0 Å². The summed E-state index contributed by atoms with van der Waals surface area (Å²) in [7, 11) is -3.00. The Morgan fingerprint density at radius 3 is 2.37 bits per heavy atom. The van der Waals surface area contributed by atoms with Crippen LogP contribution in [0.15, 0.2) is 0 Å². The molecule has 0 unspecified atom stereocenters. The van der Waals surface area contributed by atoms with Crippen molar-refractivity contribution in [1.29, 1.82) is 0 Å². The highest BCUT2D eigenvalue weighted by Crippen LogP contribution is 2.48. The van der Waals surface area contributed by atoms with Crippen LogP contribution in [0.25, 0.3) is 0 Å². The molecule has 8 heteroatoms. The minimum absolute atomic E-state index is 0.275. The molecule has 7 nitrogen and oxygen atoms in total. The van der Waals surface area contributed by atoms with Gasteiger partial charge in [0, 0.05) is 6.61 Å². The van der Waals surface area contributed by atoms with E-state index >= 15 is 0 Å². The summed E-state index contributed by atoms with van der Waals surface area (Å²) in [5, 5.41) is 10.8. The molecule has 19 heavy (non-hydrogen) atoms. The Morgan fingerprint density at radius 1 is 1.32 bits per heavy atom. The van der Waals surface area contributed by atoms with Gasteiger partial charge in [0.1, 0.15) is 0 Å². The van der Waals surface area contributed by atoms with Crippen molar-refractivity contribution in [3.63, 3.8) is 0 Å². The summed E-state index contributed by atoms with van der Waals surface area (Å²) in [6.45, 7) is 6.59. The summed E-state index contributed by atoms with van der Waals surface area (Å²) < 4.78 is 27.6. The molecule has 0 rings (SSSR count). The molecule has 0 heterocycles. The maximum Gasteiger partial charge on any atom is 0.404 e. The molecule has 0 aliphatic carbocycles. The van der Waals surface area contributed by atoms with Gasteiger partial charge in [-0.05, 0) is 27.2 Å². The topological polar surface area (TPSA) is 94.1 Å². The molecule has 0 saturated carbocycles. The molecule has 1 amide bonds. The summed E-state index contributed by atoms with van der Waals surface area (Å²) in [5.41, 5.74) is 0. The van der Waals surface area contributed by atoms with Gasteiger partial charge in [-0.1, -0.05) is 0 Å². The molecule has 0 saturated heterocycles.